The van der Waals surface area contributed by atoms with Gasteiger partial charge < -0.3 is 5.32 Å². The van der Waals surface area contributed by atoms with Gasteiger partial charge in [0, 0.05) is 0 Å². The lowest BCUT2D eigenvalue weighted by molar-refractivity contribution is 0.0986. The molecule has 17 heavy (non-hydrogen) atoms. The summed E-state index contributed by atoms with van der Waals surface area (Å²) in [6.45, 7) is 10.9. The van der Waals surface area contributed by atoms with Gasteiger partial charge in [0.2, 0.25) is 0 Å². The van der Waals surface area contributed by atoms with Gasteiger partial charge in [-0.25, -0.2) is 0 Å². The maximum Gasteiger partial charge on any atom is -0.00209 e. The van der Waals surface area contributed by atoms with Crippen molar-refractivity contribution >= 4 is 0 Å². The SMILES string of the molecule is CCCC(C)CC1CC(C)(C)CCC1CNC. The van der Waals surface area contributed by atoms with E-state index in [2.05, 4.69) is 40.1 Å². The van der Waals surface area contributed by atoms with Gasteiger partial charge in [0.1, 0.15) is 0 Å². The Labute approximate surface area is 109 Å². The van der Waals surface area contributed by atoms with E-state index in [0.29, 0.717) is 5.41 Å². The Hall–Kier alpha value is -0.0400. The zero-order valence-corrected chi connectivity index (χ0v) is 12.7. The second-order valence-electron chi connectivity index (χ2n) is 7.11. The monoisotopic (exact) mass is 239 g/mol. The first-order chi connectivity index (χ1) is 7.98. The summed E-state index contributed by atoms with van der Waals surface area (Å²) < 4.78 is 0. The van der Waals surface area contributed by atoms with E-state index in [-0.39, 0.29) is 0 Å². The van der Waals surface area contributed by atoms with Crippen LogP contribution in [-0.4, -0.2) is 13.6 Å². The van der Waals surface area contributed by atoms with Crippen LogP contribution in [0, 0.1) is 23.2 Å². The minimum Gasteiger partial charge on any atom is -0.319 e. The zero-order valence-electron chi connectivity index (χ0n) is 12.7. The van der Waals surface area contributed by atoms with E-state index < -0.39 is 0 Å². The quantitative estimate of drug-likeness (QED) is 0.721. The van der Waals surface area contributed by atoms with Crippen molar-refractivity contribution in [3.05, 3.63) is 0 Å². The van der Waals surface area contributed by atoms with Gasteiger partial charge in [-0.3, -0.25) is 0 Å². The predicted molar refractivity (Wildman–Crippen MR) is 77.2 cm³/mol. The summed E-state index contributed by atoms with van der Waals surface area (Å²) in [7, 11) is 2.10. The van der Waals surface area contributed by atoms with Crippen LogP contribution in [-0.2, 0) is 0 Å². The van der Waals surface area contributed by atoms with E-state index in [0.717, 1.165) is 17.8 Å². The van der Waals surface area contributed by atoms with Gasteiger partial charge in [-0.15, -0.1) is 0 Å². The molecule has 0 aromatic carbocycles. The van der Waals surface area contributed by atoms with Crippen molar-refractivity contribution in [2.45, 2.75) is 66.2 Å². The standard InChI is InChI=1S/C16H33N/c1-6-7-13(2)10-15-11-16(3,4)9-8-14(15)12-17-5/h13-15,17H,6-12H2,1-5H3. The molecule has 1 nitrogen and oxygen atoms in total. The number of hydrogen-bond donors (Lipinski definition) is 1. The first-order valence-corrected chi connectivity index (χ1v) is 7.63. The average molecular weight is 239 g/mol. The molecule has 1 saturated carbocycles. The van der Waals surface area contributed by atoms with Gasteiger partial charge in [0.25, 0.3) is 0 Å². The minimum absolute atomic E-state index is 0.584. The highest BCUT2D eigenvalue weighted by Crippen LogP contribution is 2.44. The maximum atomic E-state index is 3.40. The van der Waals surface area contributed by atoms with Crippen LogP contribution in [0.4, 0.5) is 0 Å². The summed E-state index contributed by atoms with van der Waals surface area (Å²) >= 11 is 0. The van der Waals surface area contributed by atoms with Crippen LogP contribution in [0.5, 0.6) is 0 Å². The van der Waals surface area contributed by atoms with Gasteiger partial charge in [-0.1, -0.05) is 40.5 Å². The average Bonchev–Trinajstić information content (AvgIpc) is 2.22. The lowest BCUT2D eigenvalue weighted by Crippen LogP contribution is -2.35. The number of nitrogens with one attached hydrogen (secondary N) is 1. The van der Waals surface area contributed by atoms with Crippen molar-refractivity contribution < 1.29 is 0 Å². The molecule has 0 radical (unpaired) electrons. The molecule has 3 unspecified atom stereocenters. The van der Waals surface area contributed by atoms with Gasteiger partial charge in [-0.05, 0) is 62.4 Å². The highest BCUT2D eigenvalue weighted by molar-refractivity contribution is 4.86. The molecule has 3 atom stereocenters. The molecule has 1 rings (SSSR count). The molecule has 0 bridgehead atoms. The molecule has 0 heterocycles. The van der Waals surface area contributed by atoms with Crippen molar-refractivity contribution in [2.75, 3.05) is 13.6 Å². The van der Waals surface area contributed by atoms with E-state index in [1.54, 1.807) is 0 Å². The largest absolute Gasteiger partial charge is 0.319 e. The first kappa shape index (κ1) is 15.0. The van der Waals surface area contributed by atoms with Gasteiger partial charge in [0.05, 0.1) is 0 Å². The fourth-order valence-electron chi connectivity index (χ4n) is 3.72. The summed E-state index contributed by atoms with van der Waals surface area (Å²) in [5.41, 5.74) is 0.584. The van der Waals surface area contributed by atoms with Crippen LogP contribution in [0.15, 0.2) is 0 Å². The minimum atomic E-state index is 0.584. The molecule has 0 aromatic heterocycles. The molecule has 1 heteroatoms. The van der Waals surface area contributed by atoms with Crippen molar-refractivity contribution in [3.63, 3.8) is 0 Å². The van der Waals surface area contributed by atoms with Crippen LogP contribution in [0.25, 0.3) is 0 Å². The molecule has 1 aliphatic carbocycles. The van der Waals surface area contributed by atoms with Gasteiger partial charge >= 0.3 is 0 Å². The Morgan fingerprint density at radius 3 is 2.59 bits per heavy atom. The maximum absolute atomic E-state index is 3.40. The number of hydrogen-bond acceptors (Lipinski definition) is 1. The van der Waals surface area contributed by atoms with Crippen LogP contribution in [0.3, 0.4) is 0 Å². The van der Waals surface area contributed by atoms with Crippen molar-refractivity contribution in [1.29, 1.82) is 0 Å². The molecule has 0 spiro atoms. The van der Waals surface area contributed by atoms with Crippen molar-refractivity contribution in [1.82, 2.24) is 5.32 Å². The highest BCUT2D eigenvalue weighted by atomic mass is 14.8. The molecular formula is C16H33N. The Kier molecular flexibility index (Phi) is 5.99. The topological polar surface area (TPSA) is 12.0 Å². The molecular weight excluding hydrogens is 206 g/mol. The molecule has 0 aromatic rings. The van der Waals surface area contributed by atoms with Crippen LogP contribution in [0.1, 0.15) is 66.2 Å². The van der Waals surface area contributed by atoms with E-state index >= 15 is 0 Å². The van der Waals surface area contributed by atoms with E-state index in [9.17, 15) is 0 Å². The Morgan fingerprint density at radius 2 is 2.00 bits per heavy atom. The van der Waals surface area contributed by atoms with Crippen molar-refractivity contribution in [3.8, 4) is 0 Å². The molecule has 1 N–H and O–H groups in total. The van der Waals surface area contributed by atoms with E-state index in [1.807, 2.05) is 0 Å². The fourth-order valence-corrected chi connectivity index (χ4v) is 3.72. The van der Waals surface area contributed by atoms with Gasteiger partial charge in [0.15, 0.2) is 0 Å². The molecule has 1 fully saturated rings. The molecule has 0 saturated heterocycles. The van der Waals surface area contributed by atoms with Crippen LogP contribution >= 0.6 is 0 Å². The van der Waals surface area contributed by atoms with Gasteiger partial charge in [-0.2, -0.15) is 0 Å². The second-order valence-corrected chi connectivity index (χ2v) is 7.11. The molecule has 0 aliphatic heterocycles. The van der Waals surface area contributed by atoms with Crippen LogP contribution < -0.4 is 5.32 Å². The normalized spacial score (nSPS) is 30.2. The smallest absolute Gasteiger partial charge is 0.00209 e. The van der Waals surface area contributed by atoms with Crippen LogP contribution in [0.2, 0.25) is 0 Å². The Bertz CT molecular complexity index is 210. The third kappa shape index (κ3) is 4.99. The summed E-state index contributed by atoms with van der Waals surface area (Å²) in [6, 6.07) is 0. The summed E-state index contributed by atoms with van der Waals surface area (Å²) in [4.78, 5) is 0. The summed E-state index contributed by atoms with van der Waals surface area (Å²) in [6.07, 6.45) is 8.48. The zero-order chi connectivity index (χ0) is 12.9. The fraction of sp³-hybridized carbons (Fsp3) is 1.00. The highest BCUT2D eigenvalue weighted by Gasteiger charge is 2.34. The lowest BCUT2D eigenvalue weighted by atomic mass is 9.65. The molecule has 1 aliphatic rings. The van der Waals surface area contributed by atoms with Crippen molar-refractivity contribution in [2.24, 2.45) is 23.2 Å². The third-order valence-corrected chi connectivity index (χ3v) is 4.63. The Balaban J connectivity index is 2.54. The molecule has 102 valence electrons. The third-order valence-electron chi connectivity index (χ3n) is 4.63. The second kappa shape index (κ2) is 6.78. The Morgan fingerprint density at radius 1 is 1.29 bits per heavy atom. The summed E-state index contributed by atoms with van der Waals surface area (Å²) in [5.74, 6) is 2.79. The lowest BCUT2D eigenvalue weighted by Gasteiger charge is -2.42. The van der Waals surface area contributed by atoms with E-state index in [1.165, 1.54) is 45.1 Å². The summed E-state index contributed by atoms with van der Waals surface area (Å²) in [5, 5.41) is 3.40. The molecule has 0 amide bonds. The first-order valence-electron chi connectivity index (χ1n) is 7.63. The van der Waals surface area contributed by atoms with E-state index in [4.69, 9.17) is 0 Å². The number of rotatable bonds is 6. The predicted octanol–water partition coefficient (Wildman–Crippen LogP) is 4.47.